The minimum absolute atomic E-state index is 0.0739. The Morgan fingerprint density at radius 3 is 2.57 bits per heavy atom. The molecule has 0 spiro atoms. The van der Waals surface area contributed by atoms with Crippen molar-refractivity contribution in [3.63, 3.8) is 0 Å². The number of Topliss-reactive ketones (excluding diaryl/α,β-unsaturated/α-hetero) is 1. The summed E-state index contributed by atoms with van der Waals surface area (Å²) in [5, 5.41) is 0.989. The molecule has 4 atom stereocenters. The maximum absolute atomic E-state index is 12.8. The Morgan fingerprint density at radius 1 is 1.29 bits per heavy atom. The fourth-order valence-corrected chi connectivity index (χ4v) is 3.84. The first-order chi connectivity index (χ1) is 9.81. The van der Waals surface area contributed by atoms with Gasteiger partial charge in [-0.05, 0) is 50.3 Å². The number of likely N-dealkylation sites (tertiary alicyclic amines) is 1. The molecule has 0 amide bonds. The second-order valence-corrected chi connectivity index (χ2v) is 7.26. The monoisotopic (exact) mass is 327 g/mol. The van der Waals surface area contributed by atoms with Crippen molar-refractivity contribution in [3.05, 3.63) is 33.8 Å². The van der Waals surface area contributed by atoms with Crippen LogP contribution in [-0.4, -0.2) is 29.3 Å². The molecule has 2 nitrogen and oxygen atoms in total. The SMILES string of the molecule is CC1CC(C)C(C)N(C(C)C(=O)c2ccc(Cl)cc2Cl)C1. The molecule has 0 aliphatic carbocycles. The van der Waals surface area contributed by atoms with Crippen LogP contribution in [0, 0.1) is 11.8 Å². The van der Waals surface area contributed by atoms with Crippen molar-refractivity contribution < 1.29 is 4.79 Å². The van der Waals surface area contributed by atoms with Crippen molar-refractivity contribution in [2.45, 2.75) is 46.2 Å². The second-order valence-electron chi connectivity index (χ2n) is 6.42. The first kappa shape index (κ1) is 16.8. The molecule has 0 aromatic heterocycles. The molecule has 4 heteroatoms. The molecule has 1 aliphatic heterocycles. The smallest absolute Gasteiger partial charge is 0.181 e. The van der Waals surface area contributed by atoms with E-state index < -0.39 is 0 Å². The second kappa shape index (κ2) is 6.68. The zero-order valence-corrected chi connectivity index (χ0v) is 14.6. The number of hydrogen-bond donors (Lipinski definition) is 0. The summed E-state index contributed by atoms with van der Waals surface area (Å²) in [6, 6.07) is 5.33. The van der Waals surface area contributed by atoms with Crippen molar-refractivity contribution in [2.24, 2.45) is 11.8 Å². The number of hydrogen-bond acceptors (Lipinski definition) is 2. The number of halogens is 2. The molecule has 21 heavy (non-hydrogen) atoms. The molecule has 0 saturated carbocycles. The molecule has 1 aromatic carbocycles. The van der Waals surface area contributed by atoms with E-state index in [9.17, 15) is 4.79 Å². The summed E-state index contributed by atoms with van der Waals surface area (Å²) < 4.78 is 0. The number of ketones is 1. The highest BCUT2D eigenvalue weighted by molar-refractivity contribution is 6.37. The van der Waals surface area contributed by atoms with Crippen molar-refractivity contribution in [1.82, 2.24) is 4.90 Å². The van der Waals surface area contributed by atoms with Gasteiger partial charge in [-0.2, -0.15) is 0 Å². The molecular weight excluding hydrogens is 305 g/mol. The summed E-state index contributed by atoms with van der Waals surface area (Å²) in [4.78, 5) is 15.1. The molecule has 4 unspecified atom stereocenters. The molecule has 0 bridgehead atoms. The molecule has 116 valence electrons. The fourth-order valence-electron chi connectivity index (χ4n) is 3.33. The van der Waals surface area contributed by atoms with Gasteiger partial charge in [0.25, 0.3) is 0 Å². The van der Waals surface area contributed by atoms with Crippen LogP contribution in [0.5, 0.6) is 0 Å². The van der Waals surface area contributed by atoms with Crippen LogP contribution in [0.15, 0.2) is 18.2 Å². The topological polar surface area (TPSA) is 20.3 Å². The van der Waals surface area contributed by atoms with Crippen molar-refractivity contribution >= 4 is 29.0 Å². The Hall–Kier alpha value is -0.570. The lowest BCUT2D eigenvalue weighted by Crippen LogP contribution is -2.52. The summed E-state index contributed by atoms with van der Waals surface area (Å²) in [5.74, 6) is 1.29. The molecule has 1 aliphatic rings. The fraction of sp³-hybridized carbons (Fsp3) is 0.588. The number of nitrogens with zero attached hydrogens (tertiary/aromatic N) is 1. The first-order valence-electron chi connectivity index (χ1n) is 7.56. The van der Waals surface area contributed by atoms with E-state index in [2.05, 4.69) is 25.7 Å². The van der Waals surface area contributed by atoms with Gasteiger partial charge in [0, 0.05) is 23.2 Å². The maximum Gasteiger partial charge on any atom is 0.181 e. The summed E-state index contributed by atoms with van der Waals surface area (Å²) in [5.41, 5.74) is 0.562. The van der Waals surface area contributed by atoms with E-state index in [1.54, 1.807) is 18.2 Å². The highest BCUT2D eigenvalue weighted by atomic mass is 35.5. The third kappa shape index (κ3) is 3.61. The van der Waals surface area contributed by atoms with E-state index in [0.29, 0.717) is 33.5 Å². The van der Waals surface area contributed by atoms with Gasteiger partial charge >= 0.3 is 0 Å². The summed E-state index contributed by atoms with van der Waals surface area (Å²) >= 11 is 12.1. The van der Waals surface area contributed by atoms with E-state index in [4.69, 9.17) is 23.2 Å². The number of carbonyl (C=O) groups excluding carboxylic acids is 1. The van der Waals surface area contributed by atoms with E-state index in [1.807, 2.05) is 6.92 Å². The van der Waals surface area contributed by atoms with Crippen molar-refractivity contribution in [2.75, 3.05) is 6.54 Å². The van der Waals surface area contributed by atoms with Crippen LogP contribution >= 0.6 is 23.2 Å². The van der Waals surface area contributed by atoms with E-state index in [0.717, 1.165) is 6.54 Å². The van der Waals surface area contributed by atoms with Crippen LogP contribution in [0.2, 0.25) is 10.0 Å². The van der Waals surface area contributed by atoms with Gasteiger partial charge < -0.3 is 0 Å². The Balaban J connectivity index is 2.22. The molecule has 0 N–H and O–H groups in total. The van der Waals surface area contributed by atoms with Gasteiger partial charge in [-0.15, -0.1) is 0 Å². The van der Waals surface area contributed by atoms with Crippen LogP contribution < -0.4 is 0 Å². The maximum atomic E-state index is 12.8. The normalized spacial score (nSPS) is 28.4. The zero-order chi connectivity index (χ0) is 15.7. The Bertz CT molecular complexity index is 532. The Labute approximate surface area is 137 Å². The van der Waals surface area contributed by atoms with E-state index in [1.165, 1.54) is 6.42 Å². The Kier molecular flexibility index (Phi) is 5.34. The third-order valence-electron chi connectivity index (χ3n) is 4.72. The minimum atomic E-state index is -0.163. The average molecular weight is 328 g/mol. The van der Waals surface area contributed by atoms with Gasteiger partial charge in [0.05, 0.1) is 11.1 Å². The van der Waals surface area contributed by atoms with Gasteiger partial charge in [-0.3, -0.25) is 9.69 Å². The summed E-state index contributed by atoms with van der Waals surface area (Å²) in [6.45, 7) is 9.67. The van der Waals surface area contributed by atoms with Crippen LogP contribution in [0.1, 0.15) is 44.5 Å². The van der Waals surface area contributed by atoms with Crippen molar-refractivity contribution in [1.29, 1.82) is 0 Å². The first-order valence-corrected chi connectivity index (χ1v) is 8.31. The number of piperidine rings is 1. The number of rotatable bonds is 3. The Morgan fingerprint density at radius 2 is 1.95 bits per heavy atom. The highest BCUT2D eigenvalue weighted by Crippen LogP contribution is 2.30. The molecule has 1 aromatic rings. The summed E-state index contributed by atoms with van der Waals surface area (Å²) in [6.07, 6.45) is 1.22. The summed E-state index contributed by atoms with van der Waals surface area (Å²) in [7, 11) is 0. The number of carbonyl (C=O) groups is 1. The number of benzene rings is 1. The molecule has 0 radical (unpaired) electrons. The van der Waals surface area contributed by atoms with E-state index in [-0.39, 0.29) is 11.8 Å². The third-order valence-corrected chi connectivity index (χ3v) is 5.26. The molecule has 1 heterocycles. The molecule has 1 saturated heterocycles. The quantitative estimate of drug-likeness (QED) is 0.733. The predicted molar refractivity (Wildman–Crippen MR) is 89.4 cm³/mol. The van der Waals surface area contributed by atoms with Gasteiger partial charge in [0.15, 0.2) is 5.78 Å². The van der Waals surface area contributed by atoms with Crippen LogP contribution in [-0.2, 0) is 0 Å². The standard InChI is InChI=1S/C17H23Cl2NO/c1-10-7-11(2)12(3)20(9-10)13(4)17(21)15-6-5-14(18)8-16(15)19/h5-6,8,10-13H,7,9H2,1-4H3. The van der Waals surface area contributed by atoms with Gasteiger partial charge in [-0.1, -0.05) is 37.0 Å². The molecular formula is C17H23Cl2NO. The lowest BCUT2D eigenvalue weighted by Gasteiger charge is -2.43. The van der Waals surface area contributed by atoms with Gasteiger partial charge in [0.2, 0.25) is 0 Å². The lowest BCUT2D eigenvalue weighted by atomic mass is 9.84. The average Bonchev–Trinajstić information content (AvgIpc) is 2.41. The lowest BCUT2D eigenvalue weighted by molar-refractivity contribution is 0.0406. The van der Waals surface area contributed by atoms with Crippen LogP contribution in [0.4, 0.5) is 0 Å². The van der Waals surface area contributed by atoms with Gasteiger partial charge in [-0.25, -0.2) is 0 Å². The van der Waals surface area contributed by atoms with E-state index >= 15 is 0 Å². The minimum Gasteiger partial charge on any atom is -0.292 e. The van der Waals surface area contributed by atoms with Gasteiger partial charge in [0.1, 0.15) is 0 Å². The van der Waals surface area contributed by atoms with Crippen LogP contribution in [0.25, 0.3) is 0 Å². The molecule has 1 fully saturated rings. The van der Waals surface area contributed by atoms with Crippen molar-refractivity contribution in [3.8, 4) is 0 Å². The highest BCUT2D eigenvalue weighted by Gasteiger charge is 2.34. The molecule has 2 rings (SSSR count). The zero-order valence-electron chi connectivity index (χ0n) is 13.1. The van der Waals surface area contributed by atoms with Crippen LogP contribution in [0.3, 0.4) is 0 Å². The predicted octanol–water partition coefficient (Wildman–Crippen LogP) is 4.93. The largest absolute Gasteiger partial charge is 0.292 e.